The maximum Gasteiger partial charge on any atom is 0.234 e. The quantitative estimate of drug-likeness (QED) is 0.371. The summed E-state index contributed by atoms with van der Waals surface area (Å²) < 4.78 is 3.88. The van der Waals surface area contributed by atoms with Crippen molar-refractivity contribution in [3.05, 3.63) is 78.4 Å². The highest BCUT2D eigenvalue weighted by atomic mass is 16.2. The lowest BCUT2D eigenvalue weighted by molar-refractivity contribution is -0.124. The molecule has 1 fully saturated rings. The van der Waals surface area contributed by atoms with E-state index in [1.807, 2.05) is 27.4 Å². The lowest BCUT2D eigenvalue weighted by Gasteiger charge is -2.26. The molecule has 1 aliphatic rings. The Balaban J connectivity index is 1.28. The summed E-state index contributed by atoms with van der Waals surface area (Å²) in [6.45, 7) is 3.65. The molecule has 0 spiro atoms. The number of benzene rings is 2. The van der Waals surface area contributed by atoms with Gasteiger partial charge in [0.1, 0.15) is 11.8 Å². The van der Waals surface area contributed by atoms with E-state index in [1.165, 1.54) is 11.9 Å². The largest absolute Gasteiger partial charge is 0.382 e. The Kier molecular flexibility index (Phi) is 5.82. The van der Waals surface area contributed by atoms with Gasteiger partial charge in [0, 0.05) is 35.9 Å². The predicted molar refractivity (Wildman–Crippen MR) is 139 cm³/mol. The van der Waals surface area contributed by atoms with Gasteiger partial charge in [-0.25, -0.2) is 9.50 Å². The molecule has 1 aliphatic heterocycles. The molecule has 2 aromatic carbocycles. The number of piperazine rings is 1. The molecule has 36 heavy (non-hydrogen) atoms. The number of hydrogen-bond acceptors (Lipinski definition) is 6. The SMILES string of the molecule is Nc1ncnn2c(CCCN3CCNC(=O)C3)cc(-c3ccc4cn(Cc5ccccc5)nc4c3)c12. The standard InChI is InChI=1S/C27H28N8O/c28-27-26-23(14-22(35(26)31-18-30-27)7-4-11-33-12-10-29-25(36)17-33)20-8-9-21-16-34(32-24(21)13-20)15-19-5-2-1-3-6-19/h1-3,5-6,8-9,13-14,16,18H,4,7,10-12,15,17H2,(H,29,36)(H2,28,30,31). The molecule has 0 unspecified atom stereocenters. The number of aryl methyl sites for hydroxylation is 1. The smallest absolute Gasteiger partial charge is 0.234 e. The Morgan fingerprint density at radius 3 is 2.83 bits per heavy atom. The minimum absolute atomic E-state index is 0.0961. The van der Waals surface area contributed by atoms with Crippen LogP contribution in [0.2, 0.25) is 0 Å². The molecule has 1 amide bonds. The van der Waals surface area contributed by atoms with Crippen molar-refractivity contribution < 1.29 is 4.79 Å². The van der Waals surface area contributed by atoms with Gasteiger partial charge in [-0.05, 0) is 42.6 Å². The Labute approximate surface area is 208 Å². The first-order valence-corrected chi connectivity index (χ1v) is 12.3. The van der Waals surface area contributed by atoms with Gasteiger partial charge < -0.3 is 11.1 Å². The number of aromatic nitrogens is 5. The fourth-order valence-corrected chi connectivity index (χ4v) is 4.98. The first-order chi connectivity index (χ1) is 17.6. The number of carbonyl (C=O) groups is 1. The molecule has 0 bridgehead atoms. The maximum absolute atomic E-state index is 11.7. The summed E-state index contributed by atoms with van der Waals surface area (Å²) in [6.07, 6.45) is 5.32. The van der Waals surface area contributed by atoms with Crippen LogP contribution in [0.5, 0.6) is 0 Å². The second-order valence-corrected chi connectivity index (χ2v) is 9.27. The van der Waals surface area contributed by atoms with Crippen LogP contribution >= 0.6 is 0 Å². The molecule has 0 aliphatic carbocycles. The lowest BCUT2D eigenvalue weighted by Crippen LogP contribution is -2.47. The minimum Gasteiger partial charge on any atom is -0.382 e. The van der Waals surface area contributed by atoms with Crippen LogP contribution in [0, 0.1) is 0 Å². The molecule has 4 heterocycles. The van der Waals surface area contributed by atoms with Gasteiger partial charge in [0.25, 0.3) is 0 Å². The van der Waals surface area contributed by atoms with E-state index in [1.54, 1.807) is 0 Å². The summed E-state index contributed by atoms with van der Waals surface area (Å²) in [5.74, 6) is 0.549. The van der Waals surface area contributed by atoms with Crippen LogP contribution in [0.4, 0.5) is 5.82 Å². The number of carbonyl (C=O) groups excluding carboxylic acids is 1. The summed E-state index contributed by atoms with van der Waals surface area (Å²) >= 11 is 0. The zero-order valence-corrected chi connectivity index (χ0v) is 20.0. The van der Waals surface area contributed by atoms with Crippen molar-refractivity contribution in [3.8, 4) is 11.1 Å². The van der Waals surface area contributed by atoms with Crippen LogP contribution in [0.25, 0.3) is 27.5 Å². The zero-order valence-electron chi connectivity index (χ0n) is 20.0. The average molecular weight is 481 g/mol. The summed E-state index contributed by atoms with van der Waals surface area (Å²) in [6, 6.07) is 18.8. The topological polar surface area (TPSA) is 106 Å². The van der Waals surface area contributed by atoms with E-state index in [9.17, 15) is 4.79 Å². The second-order valence-electron chi connectivity index (χ2n) is 9.27. The third-order valence-corrected chi connectivity index (χ3v) is 6.73. The minimum atomic E-state index is 0.0961. The molecule has 9 heteroatoms. The van der Waals surface area contributed by atoms with E-state index < -0.39 is 0 Å². The van der Waals surface area contributed by atoms with Crippen LogP contribution in [0.3, 0.4) is 0 Å². The Morgan fingerprint density at radius 1 is 1.08 bits per heavy atom. The van der Waals surface area contributed by atoms with Crippen LogP contribution in [0.1, 0.15) is 17.7 Å². The van der Waals surface area contributed by atoms with Crippen LogP contribution in [-0.2, 0) is 17.8 Å². The fourth-order valence-electron chi connectivity index (χ4n) is 4.98. The number of rotatable bonds is 7. The number of fused-ring (bicyclic) bond motifs is 2. The molecular formula is C27H28N8O. The van der Waals surface area contributed by atoms with Gasteiger partial charge in [-0.15, -0.1) is 0 Å². The monoisotopic (exact) mass is 480 g/mol. The number of nitrogens with one attached hydrogen (secondary N) is 1. The van der Waals surface area contributed by atoms with Crippen molar-refractivity contribution in [2.45, 2.75) is 19.4 Å². The zero-order chi connectivity index (χ0) is 24.5. The van der Waals surface area contributed by atoms with Crippen molar-refractivity contribution in [2.24, 2.45) is 0 Å². The van der Waals surface area contributed by atoms with Crippen molar-refractivity contribution in [1.82, 2.24) is 34.6 Å². The number of hydrogen-bond donors (Lipinski definition) is 2. The predicted octanol–water partition coefficient (Wildman–Crippen LogP) is 2.74. The van der Waals surface area contributed by atoms with Gasteiger partial charge in [-0.2, -0.15) is 10.2 Å². The van der Waals surface area contributed by atoms with Crippen LogP contribution in [-0.4, -0.2) is 61.4 Å². The van der Waals surface area contributed by atoms with Crippen LogP contribution < -0.4 is 11.1 Å². The van der Waals surface area contributed by atoms with Gasteiger partial charge in [0.05, 0.1) is 18.6 Å². The maximum atomic E-state index is 11.7. The Bertz CT molecular complexity index is 1540. The first-order valence-electron chi connectivity index (χ1n) is 12.3. The van der Waals surface area contributed by atoms with Gasteiger partial charge in [0.2, 0.25) is 5.91 Å². The molecule has 0 saturated carbocycles. The summed E-state index contributed by atoms with van der Waals surface area (Å²) in [5, 5.41) is 13.3. The van der Waals surface area contributed by atoms with Crippen molar-refractivity contribution in [3.63, 3.8) is 0 Å². The lowest BCUT2D eigenvalue weighted by atomic mass is 10.0. The number of nitrogens with two attached hydrogens (primary N) is 1. The van der Waals surface area contributed by atoms with E-state index in [0.717, 1.165) is 65.7 Å². The molecule has 5 aromatic rings. The average Bonchev–Trinajstić information content (AvgIpc) is 3.46. The molecule has 3 N–H and O–H groups in total. The van der Waals surface area contributed by atoms with Gasteiger partial charge in [0.15, 0.2) is 5.82 Å². The summed E-state index contributed by atoms with van der Waals surface area (Å²) in [7, 11) is 0. The van der Waals surface area contributed by atoms with Gasteiger partial charge >= 0.3 is 0 Å². The number of nitrogen functional groups attached to an aromatic ring is 1. The van der Waals surface area contributed by atoms with Gasteiger partial charge in [-0.1, -0.05) is 42.5 Å². The third kappa shape index (κ3) is 4.40. The van der Waals surface area contributed by atoms with Crippen molar-refractivity contribution in [1.29, 1.82) is 0 Å². The van der Waals surface area contributed by atoms with Crippen molar-refractivity contribution in [2.75, 3.05) is 31.9 Å². The normalized spacial score (nSPS) is 14.5. The van der Waals surface area contributed by atoms with E-state index in [0.29, 0.717) is 18.9 Å². The first kappa shape index (κ1) is 22.2. The highest BCUT2D eigenvalue weighted by Gasteiger charge is 2.18. The molecule has 182 valence electrons. The highest BCUT2D eigenvalue weighted by Crippen LogP contribution is 2.32. The van der Waals surface area contributed by atoms with E-state index in [4.69, 9.17) is 10.8 Å². The fraction of sp³-hybridized carbons (Fsp3) is 0.259. The molecular weight excluding hydrogens is 452 g/mol. The molecule has 3 aromatic heterocycles. The summed E-state index contributed by atoms with van der Waals surface area (Å²) in [4.78, 5) is 18.1. The molecule has 0 atom stereocenters. The van der Waals surface area contributed by atoms with Crippen LogP contribution in [0.15, 0.2) is 67.1 Å². The molecule has 1 saturated heterocycles. The Hall–Kier alpha value is -4.24. The number of anilines is 1. The van der Waals surface area contributed by atoms with E-state index in [-0.39, 0.29) is 5.91 Å². The van der Waals surface area contributed by atoms with E-state index in [2.05, 4.69) is 62.9 Å². The van der Waals surface area contributed by atoms with Crippen molar-refractivity contribution >= 4 is 28.1 Å². The highest BCUT2D eigenvalue weighted by molar-refractivity contribution is 5.92. The second kappa shape index (κ2) is 9.43. The van der Waals surface area contributed by atoms with E-state index >= 15 is 0 Å². The summed E-state index contributed by atoms with van der Waals surface area (Å²) in [5.41, 5.74) is 12.4. The number of amides is 1. The molecule has 0 radical (unpaired) electrons. The van der Waals surface area contributed by atoms with Gasteiger partial charge in [-0.3, -0.25) is 14.4 Å². The number of nitrogens with zero attached hydrogens (tertiary/aromatic N) is 6. The molecule has 6 rings (SSSR count). The Morgan fingerprint density at radius 2 is 1.97 bits per heavy atom. The third-order valence-electron chi connectivity index (χ3n) is 6.73. The molecule has 9 nitrogen and oxygen atoms in total.